The van der Waals surface area contributed by atoms with Crippen LogP contribution in [0.1, 0.15) is 59.8 Å². The summed E-state index contributed by atoms with van der Waals surface area (Å²) in [6, 6.07) is 21.7. The van der Waals surface area contributed by atoms with Crippen molar-refractivity contribution in [1.29, 1.82) is 0 Å². The third-order valence-corrected chi connectivity index (χ3v) is 11.4. The summed E-state index contributed by atoms with van der Waals surface area (Å²) in [5, 5.41) is 2.71. The van der Waals surface area contributed by atoms with Crippen molar-refractivity contribution in [2.45, 2.75) is 70.9 Å². The van der Waals surface area contributed by atoms with Crippen LogP contribution in [0.4, 0.5) is 0 Å². The van der Waals surface area contributed by atoms with Crippen molar-refractivity contribution in [1.82, 2.24) is 0 Å². The summed E-state index contributed by atoms with van der Waals surface area (Å²) in [6.45, 7) is 13.8. The van der Waals surface area contributed by atoms with Crippen LogP contribution in [-0.4, -0.2) is 28.1 Å². The number of allylic oxidation sites excluding steroid dienone is 4. The average molecular weight is 477 g/mol. The molecule has 2 nitrogen and oxygen atoms in total. The minimum atomic E-state index is -2.42. The van der Waals surface area contributed by atoms with Gasteiger partial charge in [-0.05, 0) is 54.4 Å². The first-order valence-corrected chi connectivity index (χ1v) is 14.5. The molecular formula is C31H44O2Si. The molecule has 2 aromatic rings. The van der Waals surface area contributed by atoms with E-state index < -0.39 is 8.32 Å². The third kappa shape index (κ3) is 7.94. The highest BCUT2D eigenvalue weighted by Gasteiger charge is 2.49. The van der Waals surface area contributed by atoms with Crippen LogP contribution in [0, 0.1) is 0 Å². The van der Waals surface area contributed by atoms with Gasteiger partial charge >= 0.3 is 0 Å². The lowest BCUT2D eigenvalue weighted by molar-refractivity contribution is 0.0981. The molecule has 0 spiro atoms. The Morgan fingerprint density at radius 3 is 2.09 bits per heavy atom. The van der Waals surface area contributed by atoms with Gasteiger partial charge in [0, 0.05) is 13.7 Å². The van der Waals surface area contributed by atoms with E-state index in [0.29, 0.717) is 0 Å². The zero-order valence-electron chi connectivity index (χ0n) is 21.9. The van der Waals surface area contributed by atoms with Gasteiger partial charge in [-0.25, -0.2) is 0 Å². The monoisotopic (exact) mass is 476 g/mol. The van der Waals surface area contributed by atoms with Crippen LogP contribution in [-0.2, 0) is 9.16 Å². The van der Waals surface area contributed by atoms with Gasteiger partial charge in [-0.15, -0.1) is 6.58 Å². The number of methoxy groups -OCH3 is 1. The fourth-order valence-electron chi connectivity index (χ4n) is 4.51. The van der Waals surface area contributed by atoms with Gasteiger partial charge in [0.25, 0.3) is 8.32 Å². The molecule has 0 fully saturated rings. The fraction of sp³-hybridized carbons (Fsp3) is 0.419. The van der Waals surface area contributed by atoms with Gasteiger partial charge in [0.2, 0.25) is 0 Å². The van der Waals surface area contributed by atoms with E-state index in [9.17, 15) is 0 Å². The van der Waals surface area contributed by atoms with Crippen molar-refractivity contribution in [3.05, 3.63) is 97.1 Å². The largest absolute Gasteiger partial charge is 0.407 e. The normalized spacial score (nSPS) is 13.9. The average Bonchev–Trinajstić information content (AvgIpc) is 2.84. The molecule has 0 radical (unpaired) electrons. The van der Waals surface area contributed by atoms with Crippen molar-refractivity contribution in [3.63, 3.8) is 0 Å². The second-order valence-corrected chi connectivity index (χ2v) is 14.3. The molecule has 2 rings (SSSR count). The first-order valence-electron chi connectivity index (χ1n) is 12.6. The Bertz CT molecular complexity index is 855. The number of rotatable bonds is 14. The number of ether oxygens (including phenoxy) is 1. The third-order valence-electron chi connectivity index (χ3n) is 6.39. The molecule has 34 heavy (non-hydrogen) atoms. The topological polar surface area (TPSA) is 18.5 Å². The van der Waals surface area contributed by atoms with Crippen LogP contribution in [0.5, 0.6) is 0 Å². The quantitative estimate of drug-likeness (QED) is 0.124. The maximum Gasteiger partial charge on any atom is 0.261 e. The van der Waals surface area contributed by atoms with Crippen molar-refractivity contribution in [2.24, 2.45) is 0 Å². The molecule has 0 saturated carbocycles. The Balaban J connectivity index is 2.00. The Morgan fingerprint density at radius 2 is 1.59 bits per heavy atom. The van der Waals surface area contributed by atoms with Crippen LogP contribution < -0.4 is 10.4 Å². The van der Waals surface area contributed by atoms with E-state index in [1.54, 1.807) is 7.11 Å². The lowest BCUT2D eigenvalue weighted by Crippen LogP contribution is -2.66. The molecule has 0 heterocycles. The van der Waals surface area contributed by atoms with Crippen LogP contribution in [0.3, 0.4) is 0 Å². The van der Waals surface area contributed by atoms with E-state index in [-0.39, 0.29) is 11.1 Å². The van der Waals surface area contributed by atoms with Gasteiger partial charge in [-0.2, -0.15) is 0 Å². The molecule has 0 unspecified atom stereocenters. The molecule has 1 atom stereocenters. The number of hydrogen-bond donors (Lipinski definition) is 0. The molecule has 0 bridgehead atoms. The Labute approximate surface area is 209 Å². The van der Waals surface area contributed by atoms with Crippen LogP contribution in [0.15, 0.2) is 97.1 Å². The van der Waals surface area contributed by atoms with E-state index in [1.807, 2.05) is 6.08 Å². The zero-order chi connectivity index (χ0) is 24.9. The van der Waals surface area contributed by atoms with E-state index in [0.717, 1.165) is 38.7 Å². The fourth-order valence-corrected chi connectivity index (χ4v) is 9.11. The highest BCUT2D eigenvalue weighted by atomic mass is 28.4. The van der Waals surface area contributed by atoms with E-state index >= 15 is 0 Å². The summed E-state index contributed by atoms with van der Waals surface area (Å²) in [7, 11) is -0.643. The summed E-state index contributed by atoms with van der Waals surface area (Å²) in [4.78, 5) is 0. The van der Waals surface area contributed by atoms with Gasteiger partial charge in [0.15, 0.2) is 0 Å². The molecule has 0 N–H and O–H groups in total. The van der Waals surface area contributed by atoms with Gasteiger partial charge < -0.3 is 9.16 Å². The number of unbranched alkanes of at least 4 members (excludes halogenated alkanes) is 1. The zero-order valence-corrected chi connectivity index (χ0v) is 22.9. The molecule has 184 valence electrons. The smallest absolute Gasteiger partial charge is 0.261 e. The molecule has 0 saturated heterocycles. The van der Waals surface area contributed by atoms with Crippen molar-refractivity contribution in [3.8, 4) is 0 Å². The van der Waals surface area contributed by atoms with Crippen LogP contribution in [0.25, 0.3) is 0 Å². The lowest BCUT2D eigenvalue weighted by Gasteiger charge is -2.43. The van der Waals surface area contributed by atoms with Gasteiger partial charge in [0.1, 0.15) is 0 Å². The van der Waals surface area contributed by atoms with E-state index in [1.165, 1.54) is 15.9 Å². The van der Waals surface area contributed by atoms with E-state index in [4.69, 9.17) is 9.16 Å². The predicted octanol–water partition coefficient (Wildman–Crippen LogP) is 7.22. The van der Waals surface area contributed by atoms with Crippen LogP contribution in [0.2, 0.25) is 5.04 Å². The van der Waals surface area contributed by atoms with Crippen LogP contribution >= 0.6 is 0 Å². The summed E-state index contributed by atoms with van der Waals surface area (Å²) in [6.07, 6.45) is 13.9. The predicted molar refractivity (Wildman–Crippen MR) is 151 cm³/mol. The Hall–Kier alpha value is -2.20. The molecule has 0 aliphatic rings. The van der Waals surface area contributed by atoms with Crippen molar-refractivity contribution < 1.29 is 9.16 Å². The summed E-state index contributed by atoms with van der Waals surface area (Å²) in [5.41, 5.74) is 1.38. The summed E-state index contributed by atoms with van der Waals surface area (Å²) in [5.74, 6) is 0. The highest BCUT2D eigenvalue weighted by molar-refractivity contribution is 6.99. The van der Waals surface area contributed by atoms with Gasteiger partial charge in [0.05, 0.1) is 6.10 Å². The summed E-state index contributed by atoms with van der Waals surface area (Å²) < 4.78 is 12.5. The van der Waals surface area contributed by atoms with Crippen molar-refractivity contribution >= 4 is 18.7 Å². The maximum absolute atomic E-state index is 6.96. The lowest BCUT2D eigenvalue weighted by atomic mass is 10.1. The second-order valence-electron chi connectivity index (χ2n) is 10.0. The van der Waals surface area contributed by atoms with Crippen molar-refractivity contribution in [2.75, 3.05) is 13.7 Å². The maximum atomic E-state index is 6.96. The van der Waals surface area contributed by atoms with Gasteiger partial charge in [-0.3, -0.25) is 0 Å². The Morgan fingerprint density at radius 1 is 1.00 bits per heavy atom. The Kier molecular flexibility index (Phi) is 11.8. The molecule has 0 aromatic heterocycles. The standard InChI is InChI=1S/C31H44O2Si/c1-7-18-28(32-6)25-24-27(2)19-12-8-9-17-26-33-34(31(3,4)5,29-20-13-10-14-21-29)30-22-15-11-16-23-30/h7-8,10-16,19-23,28H,1,9,17-18,24-26H2,2-6H3/b12-8+,27-19+/t28-/m0/s1. The number of hydrogen-bond acceptors (Lipinski definition) is 2. The van der Waals surface area contributed by atoms with Gasteiger partial charge in [-0.1, -0.05) is 111 Å². The molecule has 0 aliphatic heterocycles. The molecule has 3 heteroatoms. The molecule has 0 amide bonds. The first kappa shape index (κ1) is 28.0. The number of benzene rings is 2. The minimum Gasteiger partial charge on any atom is -0.407 e. The first-order chi connectivity index (χ1) is 16.3. The second kappa shape index (κ2) is 14.3. The molecular weight excluding hydrogens is 432 g/mol. The summed E-state index contributed by atoms with van der Waals surface area (Å²) >= 11 is 0. The SMILES string of the molecule is C=CC[C@@H](CC/C(C)=C/C=C/CCCO[Si](c1ccccc1)(c1ccccc1)C(C)(C)C)OC. The minimum absolute atomic E-state index is 0.0249. The molecule has 0 aliphatic carbocycles. The van der Waals surface area contributed by atoms with E-state index in [2.05, 4.69) is 113 Å². The molecule has 2 aromatic carbocycles. The highest BCUT2D eigenvalue weighted by Crippen LogP contribution is 2.36.